The highest BCUT2D eigenvalue weighted by Gasteiger charge is 2.46. The van der Waals surface area contributed by atoms with Gasteiger partial charge in [0, 0.05) is 38.8 Å². The molecule has 140 valence electrons. The van der Waals surface area contributed by atoms with Gasteiger partial charge in [0.25, 0.3) is 0 Å². The van der Waals surface area contributed by atoms with Gasteiger partial charge in [-0.15, -0.1) is 0 Å². The third kappa shape index (κ3) is 3.94. The topological polar surface area (TPSA) is 64.2 Å². The Bertz CT molecular complexity index is 669. The van der Waals surface area contributed by atoms with Gasteiger partial charge in [-0.05, 0) is 25.8 Å². The molecule has 0 unspecified atom stereocenters. The zero-order chi connectivity index (χ0) is 18.7. The van der Waals surface area contributed by atoms with Crippen molar-refractivity contribution in [1.29, 1.82) is 0 Å². The quantitative estimate of drug-likeness (QED) is 0.561. The van der Waals surface area contributed by atoms with Crippen molar-refractivity contribution >= 4 is 17.8 Å². The van der Waals surface area contributed by atoms with Crippen LogP contribution in [0.4, 0.5) is 4.79 Å². The molecule has 3 rings (SSSR count). The molecule has 2 fully saturated rings. The lowest BCUT2D eigenvalue weighted by Crippen LogP contribution is -2.51. The second-order valence-electron chi connectivity index (χ2n) is 7.12. The molecule has 2 aliphatic rings. The molecule has 7 nitrogen and oxygen atoms in total. The minimum atomic E-state index is -0.716. The van der Waals surface area contributed by atoms with E-state index in [4.69, 9.17) is 0 Å². The van der Waals surface area contributed by atoms with E-state index < -0.39 is 17.8 Å². The lowest BCUT2D eigenvalue weighted by Gasteiger charge is -2.36. The van der Waals surface area contributed by atoms with Gasteiger partial charge >= 0.3 is 17.8 Å². The van der Waals surface area contributed by atoms with E-state index in [0.29, 0.717) is 0 Å². The van der Waals surface area contributed by atoms with Crippen molar-refractivity contribution in [3.05, 3.63) is 35.9 Å². The van der Waals surface area contributed by atoms with Crippen molar-refractivity contribution in [2.24, 2.45) is 0 Å². The zero-order valence-corrected chi connectivity index (χ0v) is 15.4. The van der Waals surface area contributed by atoms with Gasteiger partial charge in [-0.2, -0.15) is 0 Å². The van der Waals surface area contributed by atoms with Gasteiger partial charge in [0.1, 0.15) is 0 Å². The van der Waals surface area contributed by atoms with Crippen LogP contribution < -0.4 is 0 Å². The fourth-order valence-electron chi connectivity index (χ4n) is 3.39. The van der Waals surface area contributed by atoms with Gasteiger partial charge in [-0.3, -0.25) is 19.4 Å². The Morgan fingerprint density at radius 3 is 2.08 bits per heavy atom. The van der Waals surface area contributed by atoms with Crippen molar-refractivity contribution < 1.29 is 14.4 Å². The van der Waals surface area contributed by atoms with Crippen molar-refractivity contribution in [3.63, 3.8) is 0 Å². The van der Waals surface area contributed by atoms with E-state index in [1.165, 1.54) is 5.56 Å². The number of hydrogen-bond donors (Lipinski definition) is 0. The number of hydrogen-bond acceptors (Lipinski definition) is 5. The largest absolute Gasteiger partial charge is 0.335 e. The lowest BCUT2D eigenvalue weighted by molar-refractivity contribution is -0.144. The average Bonchev–Trinajstić information content (AvgIpc) is 2.85. The van der Waals surface area contributed by atoms with Crippen LogP contribution in [-0.4, -0.2) is 82.9 Å². The predicted molar refractivity (Wildman–Crippen MR) is 97.3 cm³/mol. The minimum Gasteiger partial charge on any atom is -0.300 e. The Morgan fingerprint density at radius 1 is 0.885 bits per heavy atom. The summed E-state index contributed by atoms with van der Waals surface area (Å²) in [5.41, 5.74) is 1.33. The molecule has 26 heavy (non-hydrogen) atoms. The highest BCUT2D eigenvalue weighted by molar-refractivity contribution is 6.44. The molecule has 1 aromatic rings. The highest BCUT2D eigenvalue weighted by atomic mass is 16.2. The first-order valence-corrected chi connectivity index (χ1v) is 9.15. The molecule has 2 saturated heterocycles. The van der Waals surface area contributed by atoms with Gasteiger partial charge in [0.15, 0.2) is 0 Å². The molecule has 0 spiro atoms. The van der Waals surface area contributed by atoms with E-state index >= 15 is 0 Å². The first-order valence-electron chi connectivity index (χ1n) is 9.15. The fourth-order valence-corrected chi connectivity index (χ4v) is 3.39. The smallest absolute Gasteiger partial charge is 0.300 e. The molecule has 0 radical (unpaired) electrons. The summed E-state index contributed by atoms with van der Waals surface area (Å²) >= 11 is 0. The van der Waals surface area contributed by atoms with Crippen molar-refractivity contribution in [2.45, 2.75) is 26.3 Å². The monoisotopic (exact) mass is 358 g/mol. The molecular weight excluding hydrogens is 332 g/mol. The molecule has 2 aliphatic heterocycles. The Hall–Kier alpha value is -2.25. The summed E-state index contributed by atoms with van der Waals surface area (Å²) in [6, 6.07) is 9.60. The van der Waals surface area contributed by atoms with E-state index in [1.54, 1.807) is 13.8 Å². The van der Waals surface area contributed by atoms with Crippen molar-refractivity contribution in [2.75, 3.05) is 39.4 Å². The molecule has 0 atom stereocenters. The van der Waals surface area contributed by atoms with E-state index in [2.05, 4.69) is 34.1 Å². The van der Waals surface area contributed by atoms with Gasteiger partial charge in [-0.1, -0.05) is 30.3 Å². The van der Waals surface area contributed by atoms with E-state index in [0.717, 1.165) is 48.9 Å². The first-order chi connectivity index (χ1) is 12.5. The molecule has 0 saturated carbocycles. The minimum absolute atomic E-state index is 0.194. The SMILES string of the molecule is CC(C)N1C(=O)C(=O)N(CN2CCN(CCc3ccccc3)CC2)C1=O. The number of rotatable bonds is 6. The van der Waals surface area contributed by atoms with Crippen LogP contribution >= 0.6 is 0 Å². The number of nitrogens with zero attached hydrogens (tertiary/aromatic N) is 4. The summed E-state index contributed by atoms with van der Waals surface area (Å²) in [5.74, 6) is -1.43. The maximum absolute atomic E-state index is 12.3. The second kappa shape index (κ2) is 7.97. The number of amides is 4. The number of carbonyl (C=O) groups excluding carboxylic acids is 3. The summed E-state index contributed by atoms with van der Waals surface area (Å²) in [6.07, 6.45) is 1.02. The predicted octanol–water partition coefficient (Wildman–Crippen LogP) is 1.00. The van der Waals surface area contributed by atoms with Gasteiger partial charge < -0.3 is 4.90 Å². The maximum Gasteiger partial charge on any atom is 0.335 e. The molecule has 0 aliphatic carbocycles. The normalized spacial score (nSPS) is 19.9. The second-order valence-corrected chi connectivity index (χ2v) is 7.12. The Morgan fingerprint density at radius 2 is 1.50 bits per heavy atom. The molecule has 1 aromatic carbocycles. The van der Waals surface area contributed by atoms with Crippen molar-refractivity contribution in [1.82, 2.24) is 19.6 Å². The number of piperazine rings is 1. The summed E-state index contributed by atoms with van der Waals surface area (Å²) in [5, 5.41) is 0. The van der Waals surface area contributed by atoms with Crippen LogP contribution in [-0.2, 0) is 16.0 Å². The van der Waals surface area contributed by atoms with E-state index in [9.17, 15) is 14.4 Å². The van der Waals surface area contributed by atoms with Crippen LogP contribution in [0, 0.1) is 0 Å². The first kappa shape index (κ1) is 18.5. The van der Waals surface area contributed by atoms with Gasteiger partial charge in [0.05, 0.1) is 6.67 Å². The standard InChI is InChI=1S/C19H26N4O3/c1-15(2)23-18(25)17(24)22(19(23)26)14-21-12-10-20(11-13-21)9-8-16-6-4-3-5-7-16/h3-7,15H,8-14H2,1-2H3. The summed E-state index contributed by atoms with van der Waals surface area (Å²) in [7, 11) is 0. The zero-order valence-electron chi connectivity index (χ0n) is 15.4. The number of urea groups is 1. The van der Waals surface area contributed by atoms with Crippen LogP contribution in [0.2, 0.25) is 0 Å². The molecule has 7 heteroatoms. The molecule has 0 bridgehead atoms. The summed E-state index contributed by atoms with van der Waals surface area (Å²) < 4.78 is 0. The third-order valence-corrected chi connectivity index (χ3v) is 4.97. The van der Waals surface area contributed by atoms with E-state index in [1.807, 2.05) is 6.07 Å². The van der Waals surface area contributed by atoms with Crippen LogP contribution in [0.1, 0.15) is 19.4 Å². The van der Waals surface area contributed by atoms with Crippen LogP contribution in [0.5, 0.6) is 0 Å². The average molecular weight is 358 g/mol. The van der Waals surface area contributed by atoms with E-state index in [-0.39, 0.29) is 12.7 Å². The van der Waals surface area contributed by atoms with Crippen LogP contribution in [0.25, 0.3) is 0 Å². The fraction of sp³-hybridized carbons (Fsp3) is 0.526. The van der Waals surface area contributed by atoms with Crippen molar-refractivity contribution in [3.8, 4) is 0 Å². The van der Waals surface area contributed by atoms with Gasteiger partial charge in [0.2, 0.25) is 0 Å². The summed E-state index contributed by atoms with van der Waals surface area (Å²) in [6.45, 7) is 8.01. The molecule has 0 aromatic heterocycles. The van der Waals surface area contributed by atoms with Crippen LogP contribution in [0.3, 0.4) is 0 Å². The van der Waals surface area contributed by atoms with Gasteiger partial charge in [-0.25, -0.2) is 9.69 Å². The van der Waals surface area contributed by atoms with Crippen LogP contribution in [0.15, 0.2) is 30.3 Å². The Kier molecular flexibility index (Phi) is 5.68. The molecule has 4 amide bonds. The third-order valence-electron chi connectivity index (χ3n) is 4.97. The maximum atomic E-state index is 12.3. The number of carbonyl (C=O) groups is 3. The number of benzene rings is 1. The molecular formula is C19H26N4O3. The Balaban J connectivity index is 1.47. The summed E-state index contributed by atoms with van der Waals surface area (Å²) in [4.78, 5) is 43.0. The molecule has 2 heterocycles. The Labute approximate surface area is 154 Å². The molecule has 0 N–H and O–H groups in total. The lowest BCUT2D eigenvalue weighted by atomic mass is 10.1. The number of imide groups is 2. The highest BCUT2D eigenvalue weighted by Crippen LogP contribution is 2.16.